The van der Waals surface area contributed by atoms with Crippen LogP contribution >= 0.6 is 0 Å². The SMILES string of the molecule is CCOC(=O)c1cnc(OC(F)(F)F)c(C#N)c1. The van der Waals surface area contributed by atoms with E-state index in [-0.39, 0.29) is 12.2 Å². The lowest BCUT2D eigenvalue weighted by atomic mass is 10.2. The van der Waals surface area contributed by atoms with Gasteiger partial charge in [0.05, 0.1) is 12.2 Å². The molecule has 0 bridgehead atoms. The molecule has 0 N–H and O–H groups in total. The predicted molar refractivity (Wildman–Crippen MR) is 51.6 cm³/mol. The van der Waals surface area contributed by atoms with Gasteiger partial charge in [0.1, 0.15) is 11.6 Å². The van der Waals surface area contributed by atoms with E-state index >= 15 is 0 Å². The molecule has 8 heteroatoms. The van der Waals surface area contributed by atoms with Crippen LogP contribution in [-0.2, 0) is 4.74 Å². The number of esters is 1. The van der Waals surface area contributed by atoms with Crippen molar-refractivity contribution in [1.82, 2.24) is 4.98 Å². The summed E-state index contributed by atoms with van der Waals surface area (Å²) in [6.07, 6.45) is -4.11. The fraction of sp³-hybridized carbons (Fsp3) is 0.300. The zero-order valence-electron chi connectivity index (χ0n) is 9.11. The van der Waals surface area contributed by atoms with Crippen LogP contribution in [0.15, 0.2) is 12.3 Å². The zero-order valence-corrected chi connectivity index (χ0v) is 9.11. The van der Waals surface area contributed by atoms with E-state index in [1.165, 1.54) is 6.07 Å². The second kappa shape index (κ2) is 5.35. The summed E-state index contributed by atoms with van der Waals surface area (Å²) in [7, 11) is 0. The number of aromatic nitrogens is 1. The maximum absolute atomic E-state index is 12.0. The number of nitriles is 1. The Labute approximate surface area is 99.8 Å². The summed E-state index contributed by atoms with van der Waals surface area (Å²) in [5.74, 6) is -1.68. The van der Waals surface area contributed by atoms with Gasteiger partial charge in [-0.05, 0) is 13.0 Å². The first-order valence-electron chi connectivity index (χ1n) is 4.70. The topological polar surface area (TPSA) is 72.2 Å². The van der Waals surface area contributed by atoms with E-state index in [9.17, 15) is 18.0 Å². The number of pyridine rings is 1. The van der Waals surface area contributed by atoms with Gasteiger partial charge in [0, 0.05) is 6.20 Å². The molecule has 0 fully saturated rings. The average Bonchev–Trinajstić information content (AvgIpc) is 2.27. The third-order valence-electron chi connectivity index (χ3n) is 1.70. The van der Waals surface area contributed by atoms with Crippen molar-refractivity contribution in [3.8, 4) is 11.9 Å². The van der Waals surface area contributed by atoms with E-state index in [2.05, 4.69) is 14.5 Å². The Morgan fingerprint density at radius 1 is 1.56 bits per heavy atom. The summed E-state index contributed by atoms with van der Waals surface area (Å²) in [6.45, 7) is 1.67. The molecular formula is C10H7F3N2O3. The minimum absolute atomic E-state index is 0.0987. The van der Waals surface area contributed by atoms with Crippen molar-refractivity contribution in [3.05, 3.63) is 23.4 Å². The van der Waals surface area contributed by atoms with E-state index in [1.54, 1.807) is 6.92 Å². The first-order valence-corrected chi connectivity index (χ1v) is 4.70. The summed E-state index contributed by atoms with van der Waals surface area (Å²) >= 11 is 0. The molecule has 0 atom stereocenters. The molecule has 0 aliphatic carbocycles. The van der Waals surface area contributed by atoms with Gasteiger partial charge in [-0.3, -0.25) is 0 Å². The highest BCUT2D eigenvalue weighted by Gasteiger charge is 2.33. The molecule has 0 aliphatic rings. The quantitative estimate of drug-likeness (QED) is 0.777. The fourth-order valence-electron chi connectivity index (χ4n) is 1.05. The summed E-state index contributed by atoms with van der Waals surface area (Å²) in [6, 6.07) is 2.38. The third-order valence-corrected chi connectivity index (χ3v) is 1.70. The molecule has 0 saturated carbocycles. The smallest absolute Gasteiger partial charge is 0.462 e. The molecule has 1 aromatic rings. The molecule has 0 saturated heterocycles. The Hall–Kier alpha value is -2.30. The molecule has 1 rings (SSSR count). The van der Waals surface area contributed by atoms with Crippen molar-refractivity contribution in [1.29, 1.82) is 5.26 Å². The number of ether oxygens (including phenoxy) is 2. The lowest BCUT2D eigenvalue weighted by Gasteiger charge is -2.09. The number of hydrogen-bond donors (Lipinski definition) is 0. The van der Waals surface area contributed by atoms with Gasteiger partial charge in [0.25, 0.3) is 0 Å². The van der Waals surface area contributed by atoms with Crippen molar-refractivity contribution < 1.29 is 27.4 Å². The lowest BCUT2D eigenvalue weighted by Crippen LogP contribution is -2.19. The summed E-state index contributed by atoms with van der Waals surface area (Å²) in [4.78, 5) is 14.5. The Balaban J connectivity index is 3.05. The number of hydrogen-bond acceptors (Lipinski definition) is 5. The molecule has 18 heavy (non-hydrogen) atoms. The van der Waals surface area contributed by atoms with Crippen molar-refractivity contribution in [2.24, 2.45) is 0 Å². The van der Waals surface area contributed by atoms with E-state index < -0.39 is 23.8 Å². The molecule has 96 valence electrons. The molecule has 0 amide bonds. The van der Waals surface area contributed by atoms with Crippen molar-refractivity contribution in [2.75, 3.05) is 6.61 Å². The van der Waals surface area contributed by atoms with E-state index in [0.29, 0.717) is 0 Å². The van der Waals surface area contributed by atoms with E-state index in [4.69, 9.17) is 5.26 Å². The van der Waals surface area contributed by atoms with Crippen LogP contribution in [-0.4, -0.2) is 23.9 Å². The van der Waals surface area contributed by atoms with Crippen LogP contribution in [0.3, 0.4) is 0 Å². The van der Waals surface area contributed by atoms with Gasteiger partial charge in [-0.1, -0.05) is 0 Å². The molecule has 0 aliphatic heterocycles. The number of alkyl halides is 3. The second-order valence-electron chi connectivity index (χ2n) is 2.96. The maximum atomic E-state index is 12.0. The number of carbonyl (C=O) groups excluding carboxylic acids is 1. The summed E-state index contributed by atoms with van der Waals surface area (Å²) < 4.78 is 44.1. The van der Waals surface area contributed by atoms with Crippen molar-refractivity contribution in [3.63, 3.8) is 0 Å². The van der Waals surface area contributed by atoms with Gasteiger partial charge in [-0.2, -0.15) is 5.26 Å². The Morgan fingerprint density at radius 2 is 2.22 bits per heavy atom. The van der Waals surface area contributed by atoms with Crippen LogP contribution in [0.5, 0.6) is 5.88 Å². The molecular weight excluding hydrogens is 253 g/mol. The third kappa shape index (κ3) is 3.62. The van der Waals surface area contributed by atoms with Crippen molar-refractivity contribution in [2.45, 2.75) is 13.3 Å². The van der Waals surface area contributed by atoms with E-state index in [0.717, 1.165) is 12.3 Å². The molecule has 0 unspecified atom stereocenters. The Morgan fingerprint density at radius 3 is 2.72 bits per heavy atom. The standard InChI is InChI=1S/C10H7F3N2O3/c1-2-17-9(16)7-3-6(4-14)8(15-5-7)18-10(11,12)13/h3,5H,2H2,1H3. The minimum Gasteiger partial charge on any atom is -0.462 e. The van der Waals surface area contributed by atoms with Gasteiger partial charge < -0.3 is 9.47 Å². The fourth-order valence-corrected chi connectivity index (χ4v) is 1.05. The number of nitrogens with zero attached hydrogens (tertiary/aromatic N) is 2. The van der Waals surface area contributed by atoms with Gasteiger partial charge in [-0.15, -0.1) is 13.2 Å². The van der Waals surface area contributed by atoms with Gasteiger partial charge in [0.2, 0.25) is 5.88 Å². The average molecular weight is 260 g/mol. The second-order valence-corrected chi connectivity index (χ2v) is 2.96. The normalized spacial score (nSPS) is 10.6. The monoisotopic (exact) mass is 260 g/mol. The van der Waals surface area contributed by atoms with Crippen LogP contribution in [0.1, 0.15) is 22.8 Å². The summed E-state index contributed by atoms with van der Waals surface area (Å²) in [5, 5.41) is 8.66. The Kier molecular flexibility index (Phi) is 4.09. The first kappa shape index (κ1) is 13.8. The molecule has 0 aromatic carbocycles. The molecule has 1 heterocycles. The highest BCUT2D eigenvalue weighted by molar-refractivity contribution is 5.89. The largest absolute Gasteiger partial charge is 0.574 e. The van der Waals surface area contributed by atoms with Crippen LogP contribution in [0.2, 0.25) is 0 Å². The van der Waals surface area contributed by atoms with Crippen molar-refractivity contribution >= 4 is 5.97 Å². The van der Waals surface area contributed by atoms with Gasteiger partial charge in [-0.25, -0.2) is 9.78 Å². The zero-order chi connectivity index (χ0) is 13.8. The van der Waals surface area contributed by atoms with Crippen LogP contribution in [0.25, 0.3) is 0 Å². The molecule has 0 spiro atoms. The van der Waals surface area contributed by atoms with Gasteiger partial charge >= 0.3 is 12.3 Å². The van der Waals surface area contributed by atoms with Crippen LogP contribution in [0.4, 0.5) is 13.2 Å². The highest BCUT2D eigenvalue weighted by Crippen LogP contribution is 2.24. The Bertz CT molecular complexity index is 494. The van der Waals surface area contributed by atoms with Gasteiger partial charge in [0.15, 0.2) is 0 Å². The first-order chi connectivity index (χ1) is 8.37. The van der Waals surface area contributed by atoms with Crippen LogP contribution in [0, 0.1) is 11.3 Å². The number of rotatable bonds is 3. The molecule has 1 aromatic heterocycles. The van der Waals surface area contributed by atoms with E-state index in [1.807, 2.05) is 0 Å². The molecule has 5 nitrogen and oxygen atoms in total. The highest BCUT2D eigenvalue weighted by atomic mass is 19.4. The molecule has 0 radical (unpaired) electrons. The maximum Gasteiger partial charge on any atom is 0.574 e. The predicted octanol–water partition coefficient (Wildman–Crippen LogP) is 2.03. The number of halogens is 3. The number of carbonyl (C=O) groups is 1. The minimum atomic E-state index is -4.95. The lowest BCUT2D eigenvalue weighted by molar-refractivity contribution is -0.276. The summed E-state index contributed by atoms with van der Waals surface area (Å²) in [5.41, 5.74) is -0.624. The van der Waals surface area contributed by atoms with Crippen LogP contribution < -0.4 is 4.74 Å².